The summed E-state index contributed by atoms with van der Waals surface area (Å²) in [6, 6.07) is 11.8. The maximum atomic E-state index is 14.0. The maximum absolute atomic E-state index is 14.0. The molecule has 2 aliphatic rings. The van der Waals surface area contributed by atoms with Crippen LogP contribution in [0.4, 0.5) is 4.79 Å². The third-order valence-corrected chi connectivity index (χ3v) is 8.18. The predicted octanol–water partition coefficient (Wildman–Crippen LogP) is 4.78. The molecule has 0 saturated heterocycles. The van der Waals surface area contributed by atoms with Gasteiger partial charge in [-0.1, -0.05) is 6.07 Å². The molecule has 2 unspecified atom stereocenters. The summed E-state index contributed by atoms with van der Waals surface area (Å²) in [4.78, 5) is 39.5. The summed E-state index contributed by atoms with van der Waals surface area (Å²) in [6.07, 6.45) is 2.93. The molecule has 47 heavy (non-hydrogen) atoms. The average Bonchev–Trinajstić information content (AvgIpc) is 3.65. The number of nitrogens with one attached hydrogen (secondary N) is 1. The van der Waals surface area contributed by atoms with Crippen LogP contribution in [0.5, 0.6) is 5.75 Å². The normalized spacial score (nSPS) is 20.7. The first kappa shape index (κ1) is 33.6. The Morgan fingerprint density at radius 1 is 1.00 bits per heavy atom. The zero-order chi connectivity index (χ0) is 33.6. The fourth-order valence-corrected chi connectivity index (χ4v) is 6.03. The second-order valence-corrected chi connectivity index (χ2v) is 11.0. The Morgan fingerprint density at radius 2 is 1.77 bits per heavy atom. The molecular weight excluding hydrogens is 630 g/mol. The number of ether oxygens (including phenoxy) is 7. The van der Waals surface area contributed by atoms with Gasteiger partial charge in [-0.15, -0.1) is 0 Å². The van der Waals surface area contributed by atoms with Gasteiger partial charge in [0.25, 0.3) is 0 Å². The van der Waals surface area contributed by atoms with Crippen LogP contribution in [0, 0.1) is 0 Å². The molecular formula is C33H35N3O10S. The van der Waals surface area contributed by atoms with Gasteiger partial charge in [-0.05, 0) is 73.5 Å². The number of esters is 2. The van der Waals surface area contributed by atoms with Crippen LogP contribution in [0.2, 0.25) is 0 Å². The molecule has 0 bridgehead atoms. The number of hydrogen-bond acceptors (Lipinski definition) is 13. The lowest BCUT2D eigenvalue weighted by Crippen LogP contribution is -2.41. The molecule has 1 N–H and O–H groups in total. The average molecular weight is 666 g/mol. The van der Waals surface area contributed by atoms with E-state index >= 15 is 0 Å². The van der Waals surface area contributed by atoms with Crippen LogP contribution in [0.1, 0.15) is 37.8 Å². The molecule has 1 amide bonds. The Bertz CT molecular complexity index is 1750. The SMILES string of the molecule is CCOC(=O)CNC(=O)OC1(c2ccc(OC)cc2)OC(=O)C(c2ccc3nsnc3c2)=C1CC1=CC(OC)(OCC)CC(OC)=C1. The van der Waals surface area contributed by atoms with E-state index in [4.69, 9.17) is 33.2 Å². The van der Waals surface area contributed by atoms with Crippen molar-refractivity contribution >= 4 is 46.4 Å². The van der Waals surface area contributed by atoms with Gasteiger partial charge in [-0.25, -0.2) is 9.59 Å². The molecule has 5 rings (SSSR count). The highest BCUT2D eigenvalue weighted by Crippen LogP contribution is 2.50. The van der Waals surface area contributed by atoms with Gasteiger partial charge in [-0.2, -0.15) is 8.75 Å². The molecule has 13 nitrogen and oxygen atoms in total. The van der Waals surface area contributed by atoms with Gasteiger partial charge in [0, 0.05) is 31.3 Å². The molecule has 248 valence electrons. The minimum absolute atomic E-state index is 0.0245. The van der Waals surface area contributed by atoms with Gasteiger partial charge in [0.15, 0.2) is 5.79 Å². The van der Waals surface area contributed by atoms with Crippen LogP contribution in [0.15, 0.2) is 71.5 Å². The number of carbonyl (C=O) groups is 3. The summed E-state index contributed by atoms with van der Waals surface area (Å²) in [5.41, 5.74) is 3.12. The minimum Gasteiger partial charge on any atom is -0.501 e. The van der Waals surface area contributed by atoms with E-state index < -0.39 is 36.2 Å². The smallest absolute Gasteiger partial charge is 0.411 e. The van der Waals surface area contributed by atoms with Gasteiger partial charge in [0.05, 0.1) is 44.5 Å². The quantitative estimate of drug-likeness (QED) is 0.197. The molecule has 0 fully saturated rings. The number of amides is 1. The van der Waals surface area contributed by atoms with Gasteiger partial charge in [0.2, 0.25) is 0 Å². The first-order valence-corrected chi connectivity index (χ1v) is 15.5. The first-order chi connectivity index (χ1) is 22.7. The molecule has 0 spiro atoms. The number of hydrogen-bond donors (Lipinski definition) is 1. The van der Waals surface area contributed by atoms with E-state index in [2.05, 4.69) is 14.1 Å². The third-order valence-electron chi connectivity index (χ3n) is 7.62. The Labute approximate surface area is 275 Å². The molecule has 1 aromatic heterocycles. The largest absolute Gasteiger partial charge is 0.501 e. The number of methoxy groups -OCH3 is 3. The number of nitrogens with zero attached hydrogens (tertiary/aromatic N) is 2. The van der Waals surface area contributed by atoms with Gasteiger partial charge >= 0.3 is 23.8 Å². The molecule has 2 heterocycles. The minimum atomic E-state index is -2.08. The number of rotatable bonds is 13. The Morgan fingerprint density at radius 3 is 2.45 bits per heavy atom. The summed E-state index contributed by atoms with van der Waals surface area (Å²) >= 11 is 1.05. The Balaban J connectivity index is 1.71. The number of allylic oxidation sites excluding steroid dienone is 2. The maximum Gasteiger partial charge on any atom is 0.411 e. The lowest BCUT2D eigenvalue weighted by molar-refractivity contribution is -0.190. The molecule has 3 aromatic rings. The first-order valence-electron chi connectivity index (χ1n) is 14.8. The van der Waals surface area contributed by atoms with Crippen LogP contribution in [0.3, 0.4) is 0 Å². The summed E-state index contributed by atoms with van der Waals surface area (Å²) < 4.78 is 48.5. The zero-order valence-corrected chi connectivity index (χ0v) is 27.4. The Hall–Kier alpha value is -4.79. The van der Waals surface area contributed by atoms with E-state index in [-0.39, 0.29) is 18.6 Å². The van der Waals surface area contributed by atoms with Gasteiger partial charge < -0.3 is 38.5 Å². The van der Waals surface area contributed by atoms with Crippen LogP contribution >= 0.6 is 11.7 Å². The summed E-state index contributed by atoms with van der Waals surface area (Å²) in [5, 5.41) is 2.40. The van der Waals surface area contributed by atoms with Crippen LogP contribution in [0.25, 0.3) is 16.6 Å². The van der Waals surface area contributed by atoms with Crippen molar-refractivity contribution in [3.05, 3.63) is 82.6 Å². The third kappa shape index (κ3) is 6.99. The van der Waals surface area contributed by atoms with E-state index in [1.165, 1.54) is 14.2 Å². The van der Waals surface area contributed by atoms with E-state index in [1.807, 2.05) is 13.0 Å². The fourth-order valence-electron chi connectivity index (χ4n) is 5.51. The molecule has 0 saturated carbocycles. The molecule has 1 aliphatic carbocycles. The lowest BCUT2D eigenvalue weighted by atomic mass is 9.85. The monoisotopic (exact) mass is 665 g/mol. The number of fused-ring (bicyclic) bond motifs is 1. The summed E-state index contributed by atoms with van der Waals surface area (Å²) in [6.45, 7) is 3.52. The van der Waals surface area contributed by atoms with Crippen molar-refractivity contribution in [1.29, 1.82) is 0 Å². The van der Waals surface area contributed by atoms with Crippen LogP contribution in [-0.4, -0.2) is 73.7 Å². The summed E-state index contributed by atoms with van der Waals surface area (Å²) in [5.74, 6) is -3.54. The molecule has 2 atom stereocenters. The highest BCUT2D eigenvalue weighted by Gasteiger charge is 2.53. The van der Waals surface area contributed by atoms with E-state index in [1.54, 1.807) is 62.6 Å². The molecule has 0 radical (unpaired) electrons. The highest BCUT2D eigenvalue weighted by atomic mass is 32.1. The van der Waals surface area contributed by atoms with Crippen LogP contribution in [-0.2, 0) is 43.8 Å². The number of benzene rings is 2. The number of alkyl carbamates (subject to hydrolysis) is 1. The van der Waals surface area contributed by atoms with Gasteiger partial charge in [0.1, 0.15) is 29.1 Å². The van der Waals surface area contributed by atoms with Crippen LogP contribution < -0.4 is 10.1 Å². The van der Waals surface area contributed by atoms with E-state index in [0.717, 1.165) is 11.7 Å². The second-order valence-electron chi connectivity index (χ2n) is 10.4. The summed E-state index contributed by atoms with van der Waals surface area (Å²) in [7, 11) is 4.59. The molecule has 14 heteroatoms. The van der Waals surface area contributed by atoms with Crippen molar-refractivity contribution < 1.29 is 47.5 Å². The predicted molar refractivity (Wildman–Crippen MR) is 170 cm³/mol. The molecule has 2 aromatic carbocycles. The van der Waals surface area contributed by atoms with E-state index in [9.17, 15) is 14.4 Å². The van der Waals surface area contributed by atoms with Crippen molar-refractivity contribution in [2.45, 2.75) is 38.3 Å². The van der Waals surface area contributed by atoms with Crippen molar-refractivity contribution in [3.63, 3.8) is 0 Å². The van der Waals surface area contributed by atoms with Crippen molar-refractivity contribution in [2.24, 2.45) is 0 Å². The zero-order valence-electron chi connectivity index (χ0n) is 26.6. The van der Waals surface area contributed by atoms with Crippen molar-refractivity contribution in [1.82, 2.24) is 14.1 Å². The highest BCUT2D eigenvalue weighted by molar-refractivity contribution is 7.00. The standard InChI is InChI=1S/C33H35N3O10S/c1-6-43-28(37)19-34-31(39)46-33(22-9-11-23(40-3)12-10-22)25(15-20-14-24(41-4)18-32(17-20,42-5)44-7-2)29(30(38)45-33)21-8-13-26-27(16-21)36-47-35-26/h8-14,16-17H,6-7,15,18-19H2,1-5H3,(H,34,39). The van der Waals surface area contributed by atoms with Crippen molar-refractivity contribution in [2.75, 3.05) is 41.1 Å². The molecule has 1 aliphatic heterocycles. The lowest BCUT2D eigenvalue weighted by Gasteiger charge is -2.34. The Kier molecular flexibility index (Phi) is 10.2. The fraction of sp³-hybridized carbons (Fsp3) is 0.364. The van der Waals surface area contributed by atoms with Crippen molar-refractivity contribution in [3.8, 4) is 5.75 Å². The number of cyclic esters (lactones) is 1. The number of carbonyl (C=O) groups excluding carboxylic acids is 3. The number of aromatic nitrogens is 2. The van der Waals surface area contributed by atoms with E-state index in [0.29, 0.717) is 57.8 Å². The topological polar surface area (TPSA) is 154 Å². The van der Waals surface area contributed by atoms with Gasteiger partial charge in [-0.3, -0.25) is 4.79 Å². The second kappa shape index (κ2) is 14.3.